The Kier molecular flexibility index (Phi) is 3.47. The second-order valence-electron chi connectivity index (χ2n) is 4.53. The van der Waals surface area contributed by atoms with Crippen LogP contribution in [-0.2, 0) is 16.0 Å². The lowest BCUT2D eigenvalue weighted by Crippen LogP contribution is -2.35. The van der Waals surface area contributed by atoms with Gasteiger partial charge in [-0.2, -0.15) is 11.3 Å². The van der Waals surface area contributed by atoms with Gasteiger partial charge < -0.3 is 10.4 Å². The van der Waals surface area contributed by atoms with E-state index in [0.717, 1.165) is 6.42 Å². The zero-order valence-electron chi connectivity index (χ0n) is 9.55. The number of rotatable bonds is 5. The third-order valence-electron chi connectivity index (χ3n) is 2.96. The van der Waals surface area contributed by atoms with E-state index in [4.69, 9.17) is 5.11 Å². The number of nitrogens with one attached hydrogen (secondary N) is 1. The summed E-state index contributed by atoms with van der Waals surface area (Å²) < 4.78 is 0. The molecule has 4 nitrogen and oxygen atoms in total. The van der Waals surface area contributed by atoms with E-state index in [1.807, 2.05) is 18.4 Å². The second kappa shape index (κ2) is 4.87. The molecular weight excluding hydrogens is 238 g/mol. The van der Waals surface area contributed by atoms with Gasteiger partial charge in [0.25, 0.3) is 0 Å². The molecule has 0 aromatic carbocycles. The van der Waals surface area contributed by atoms with Crippen LogP contribution >= 0.6 is 11.3 Å². The molecular formula is C12H15NO3S. The van der Waals surface area contributed by atoms with Crippen molar-refractivity contribution < 1.29 is 14.7 Å². The number of carboxylic acid groups (broad SMARTS) is 1. The molecule has 3 atom stereocenters. The van der Waals surface area contributed by atoms with Gasteiger partial charge in [0, 0.05) is 6.04 Å². The lowest BCUT2D eigenvalue weighted by Gasteiger charge is -2.12. The van der Waals surface area contributed by atoms with Crippen molar-refractivity contribution >= 4 is 23.2 Å². The Bertz CT molecular complexity index is 415. The summed E-state index contributed by atoms with van der Waals surface area (Å²) in [6.45, 7) is 1.94. The molecule has 1 aromatic heterocycles. The van der Waals surface area contributed by atoms with E-state index >= 15 is 0 Å². The topological polar surface area (TPSA) is 66.4 Å². The van der Waals surface area contributed by atoms with Gasteiger partial charge in [0.15, 0.2) is 0 Å². The average molecular weight is 253 g/mol. The Morgan fingerprint density at radius 2 is 2.35 bits per heavy atom. The molecule has 3 unspecified atom stereocenters. The molecule has 1 heterocycles. The number of carbonyl (C=O) groups excluding carboxylic acids is 1. The van der Waals surface area contributed by atoms with Crippen molar-refractivity contribution in [2.24, 2.45) is 11.8 Å². The number of hydrogen-bond donors (Lipinski definition) is 2. The summed E-state index contributed by atoms with van der Waals surface area (Å²) in [4.78, 5) is 22.3. The maximum Gasteiger partial charge on any atom is 0.307 e. The highest BCUT2D eigenvalue weighted by Crippen LogP contribution is 2.38. The van der Waals surface area contributed by atoms with Gasteiger partial charge in [-0.3, -0.25) is 9.59 Å². The monoisotopic (exact) mass is 253 g/mol. The molecule has 1 saturated carbocycles. The zero-order valence-corrected chi connectivity index (χ0v) is 10.4. The second-order valence-corrected chi connectivity index (χ2v) is 5.31. The van der Waals surface area contributed by atoms with Crippen LogP contribution in [0.3, 0.4) is 0 Å². The van der Waals surface area contributed by atoms with E-state index in [1.54, 1.807) is 11.3 Å². The number of carboxylic acids is 1. The predicted octanol–water partition coefficient (Wildman–Crippen LogP) is 1.52. The molecule has 2 rings (SSSR count). The number of carbonyl (C=O) groups is 2. The summed E-state index contributed by atoms with van der Waals surface area (Å²) >= 11 is 1.63. The van der Waals surface area contributed by atoms with E-state index in [2.05, 4.69) is 10.7 Å². The van der Waals surface area contributed by atoms with Gasteiger partial charge in [0.2, 0.25) is 5.91 Å². The summed E-state index contributed by atoms with van der Waals surface area (Å²) in [6, 6.07) is 2.08. The maximum atomic E-state index is 11.7. The largest absolute Gasteiger partial charge is 0.481 e. The van der Waals surface area contributed by atoms with Crippen LogP contribution in [0.5, 0.6) is 0 Å². The first-order valence-electron chi connectivity index (χ1n) is 5.62. The summed E-state index contributed by atoms with van der Waals surface area (Å²) in [5.41, 5.74) is 1.20. The highest BCUT2D eigenvalue weighted by molar-refractivity contribution is 7.07. The zero-order chi connectivity index (χ0) is 12.4. The standard InChI is InChI=1S/C12H15NO3S/c1-7(4-8-2-3-17-6-8)13-11(14)9-5-10(9)12(15)16/h2-3,6-7,9-10H,4-5H2,1H3,(H,13,14)(H,15,16). The Hall–Kier alpha value is -1.36. The molecule has 1 aromatic rings. The van der Waals surface area contributed by atoms with Crippen molar-refractivity contribution in [2.75, 3.05) is 0 Å². The highest BCUT2D eigenvalue weighted by Gasteiger charge is 2.48. The van der Waals surface area contributed by atoms with Crippen LogP contribution in [0.4, 0.5) is 0 Å². The Morgan fingerprint density at radius 1 is 1.59 bits per heavy atom. The van der Waals surface area contributed by atoms with Crippen LogP contribution in [0.25, 0.3) is 0 Å². The normalized spacial score (nSPS) is 24.1. The molecule has 1 fully saturated rings. The minimum absolute atomic E-state index is 0.0483. The molecule has 2 N–H and O–H groups in total. The molecule has 0 spiro atoms. The van der Waals surface area contributed by atoms with Gasteiger partial charge in [0.1, 0.15) is 0 Å². The van der Waals surface area contributed by atoms with E-state index in [1.165, 1.54) is 5.56 Å². The maximum absolute atomic E-state index is 11.7. The Balaban J connectivity index is 1.78. The van der Waals surface area contributed by atoms with Crippen molar-refractivity contribution in [2.45, 2.75) is 25.8 Å². The van der Waals surface area contributed by atoms with E-state index < -0.39 is 11.9 Å². The Morgan fingerprint density at radius 3 is 2.88 bits per heavy atom. The minimum atomic E-state index is -0.865. The minimum Gasteiger partial charge on any atom is -0.481 e. The molecule has 92 valence electrons. The lowest BCUT2D eigenvalue weighted by molar-refractivity contribution is -0.140. The molecule has 0 radical (unpaired) electrons. The molecule has 1 amide bonds. The van der Waals surface area contributed by atoms with Crippen LogP contribution in [0.2, 0.25) is 0 Å². The third kappa shape index (κ3) is 3.06. The number of amides is 1. The first-order chi connectivity index (χ1) is 8.08. The van der Waals surface area contributed by atoms with E-state index in [9.17, 15) is 9.59 Å². The SMILES string of the molecule is CC(Cc1ccsc1)NC(=O)C1CC1C(=O)O. The average Bonchev–Trinajstić information content (AvgIpc) is 2.92. The summed E-state index contributed by atoms with van der Waals surface area (Å²) in [5, 5.41) is 15.7. The summed E-state index contributed by atoms with van der Waals surface area (Å²) in [5.74, 6) is -1.78. The van der Waals surface area contributed by atoms with Gasteiger partial charge in [-0.25, -0.2) is 0 Å². The predicted molar refractivity (Wildman–Crippen MR) is 64.9 cm³/mol. The smallest absolute Gasteiger partial charge is 0.307 e. The van der Waals surface area contributed by atoms with Gasteiger partial charge >= 0.3 is 5.97 Å². The summed E-state index contributed by atoms with van der Waals surface area (Å²) in [6.07, 6.45) is 1.27. The van der Waals surface area contributed by atoms with Crippen LogP contribution in [-0.4, -0.2) is 23.0 Å². The molecule has 0 bridgehead atoms. The molecule has 17 heavy (non-hydrogen) atoms. The van der Waals surface area contributed by atoms with Gasteiger partial charge in [-0.1, -0.05) is 0 Å². The van der Waals surface area contributed by atoms with Crippen LogP contribution in [0.15, 0.2) is 16.8 Å². The number of aliphatic carboxylic acids is 1. The number of thiophene rings is 1. The summed E-state index contributed by atoms with van der Waals surface area (Å²) in [7, 11) is 0. The molecule has 5 heteroatoms. The van der Waals surface area contributed by atoms with Crippen LogP contribution in [0.1, 0.15) is 18.9 Å². The fourth-order valence-corrected chi connectivity index (χ4v) is 2.60. The van der Waals surface area contributed by atoms with Crippen molar-refractivity contribution in [1.82, 2.24) is 5.32 Å². The van der Waals surface area contributed by atoms with Gasteiger partial charge in [0.05, 0.1) is 11.8 Å². The van der Waals surface area contributed by atoms with Crippen LogP contribution in [0, 0.1) is 11.8 Å². The quantitative estimate of drug-likeness (QED) is 0.836. The first kappa shape index (κ1) is 12.1. The van der Waals surface area contributed by atoms with Gasteiger partial charge in [-0.05, 0) is 42.2 Å². The highest BCUT2D eigenvalue weighted by atomic mass is 32.1. The van der Waals surface area contributed by atoms with E-state index in [-0.39, 0.29) is 17.9 Å². The molecule has 1 aliphatic carbocycles. The van der Waals surface area contributed by atoms with Crippen molar-refractivity contribution in [3.8, 4) is 0 Å². The fourth-order valence-electron chi connectivity index (χ4n) is 1.92. The molecule has 0 aliphatic heterocycles. The first-order valence-corrected chi connectivity index (χ1v) is 6.56. The molecule has 1 aliphatic rings. The lowest BCUT2D eigenvalue weighted by atomic mass is 10.1. The number of hydrogen-bond acceptors (Lipinski definition) is 3. The fraction of sp³-hybridized carbons (Fsp3) is 0.500. The third-order valence-corrected chi connectivity index (χ3v) is 3.69. The van der Waals surface area contributed by atoms with Crippen molar-refractivity contribution in [3.05, 3.63) is 22.4 Å². The van der Waals surface area contributed by atoms with Crippen LogP contribution < -0.4 is 5.32 Å². The molecule has 0 saturated heterocycles. The van der Waals surface area contributed by atoms with Crippen molar-refractivity contribution in [3.63, 3.8) is 0 Å². The Labute approximate surface area is 104 Å². The van der Waals surface area contributed by atoms with E-state index in [0.29, 0.717) is 6.42 Å². The van der Waals surface area contributed by atoms with Gasteiger partial charge in [-0.15, -0.1) is 0 Å². The van der Waals surface area contributed by atoms with Crippen molar-refractivity contribution in [1.29, 1.82) is 0 Å².